The summed E-state index contributed by atoms with van der Waals surface area (Å²) in [5, 5.41) is 12.1. The fourth-order valence-electron chi connectivity index (χ4n) is 2.76. The maximum absolute atomic E-state index is 12.5. The van der Waals surface area contributed by atoms with Crippen molar-refractivity contribution in [3.05, 3.63) is 29.8 Å². The number of amides is 2. The number of carbonyl (C=O) groups excluding carboxylic acids is 2. The lowest BCUT2D eigenvalue weighted by molar-refractivity contribution is -0.143. The lowest BCUT2D eigenvalue weighted by Crippen LogP contribution is -2.40. The number of likely N-dealkylation sites (tertiary alicyclic amines) is 1. The van der Waals surface area contributed by atoms with E-state index in [1.54, 1.807) is 40.9 Å². The van der Waals surface area contributed by atoms with E-state index in [1.165, 1.54) is 0 Å². The van der Waals surface area contributed by atoms with Gasteiger partial charge >= 0.3 is 5.97 Å². The van der Waals surface area contributed by atoms with E-state index in [2.05, 4.69) is 5.32 Å². The van der Waals surface area contributed by atoms with Crippen LogP contribution in [0.1, 0.15) is 36.5 Å². The van der Waals surface area contributed by atoms with Crippen molar-refractivity contribution in [3.63, 3.8) is 0 Å². The van der Waals surface area contributed by atoms with Crippen LogP contribution in [0.3, 0.4) is 0 Å². The molecule has 1 aliphatic heterocycles. The van der Waals surface area contributed by atoms with Gasteiger partial charge < -0.3 is 15.3 Å². The van der Waals surface area contributed by atoms with Crippen LogP contribution in [0.2, 0.25) is 0 Å². The molecule has 1 atom stereocenters. The van der Waals surface area contributed by atoms with Crippen molar-refractivity contribution < 1.29 is 19.5 Å². The summed E-state index contributed by atoms with van der Waals surface area (Å²) in [6.07, 6.45) is 3.39. The number of aliphatic carboxylic acids is 1. The molecule has 1 aromatic carbocycles. The van der Waals surface area contributed by atoms with Crippen molar-refractivity contribution in [2.24, 2.45) is 5.92 Å². The molecule has 1 heterocycles. The number of benzene rings is 1. The lowest BCUT2D eigenvalue weighted by Gasteiger charge is -2.30. The minimum atomic E-state index is -0.789. The molecule has 6 nitrogen and oxygen atoms in total. The smallest absolute Gasteiger partial charge is 0.306 e. The number of hydrogen-bond donors (Lipinski definition) is 2. The second kappa shape index (κ2) is 8.89. The Morgan fingerprint density at radius 3 is 2.36 bits per heavy atom. The molecule has 136 valence electrons. The molecular formula is C18H24N2O4S. The van der Waals surface area contributed by atoms with Crippen LogP contribution < -0.4 is 5.32 Å². The van der Waals surface area contributed by atoms with Crippen LogP contribution in [-0.4, -0.2) is 52.4 Å². The molecule has 1 unspecified atom stereocenters. The molecule has 1 saturated heterocycles. The molecule has 2 amide bonds. The van der Waals surface area contributed by atoms with Gasteiger partial charge in [0, 0.05) is 36.0 Å². The molecule has 0 aromatic heterocycles. The summed E-state index contributed by atoms with van der Waals surface area (Å²) >= 11 is 1.64. The fourth-order valence-corrected chi connectivity index (χ4v) is 3.08. The summed E-state index contributed by atoms with van der Waals surface area (Å²) in [6.45, 7) is 2.92. The zero-order chi connectivity index (χ0) is 18.4. The number of carboxylic acids is 1. The Hall–Kier alpha value is -2.02. The molecule has 1 fully saturated rings. The topological polar surface area (TPSA) is 86.7 Å². The van der Waals surface area contributed by atoms with Gasteiger partial charge in [0.2, 0.25) is 5.91 Å². The van der Waals surface area contributed by atoms with E-state index in [4.69, 9.17) is 5.11 Å². The number of thioether (sulfide) groups is 1. The molecular weight excluding hydrogens is 340 g/mol. The minimum Gasteiger partial charge on any atom is -0.481 e. The number of piperidine rings is 1. The third kappa shape index (κ3) is 5.49. The predicted molar refractivity (Wildman–Crippen MR) is 98.9 cm³/mol. The normalized spacial score (nSPS) is 16.3. The molecule has 0 saturated carbocycles. The van der Waals surface area contributed by atoms with E-state index >= 15 is 0 Å². The first kappa shape index (κ1) is 19.3. The third-order valence-corrected chi connectivity index (χ3v) is 5.39. The average Bonchev–Trinajstić information content (AvgIpc) is 2.61. The highest BCUT2D eigenvalue weighted by atomic mass is 32.2. The summed E-state index contributed by atoms with van der Waals surface area (Å²) in [4.78, 5) is 37.0. The average molecular weight is 364 g/mol. The Morgan fingerprint density at radius 2 is 1.84 bits per heavy atom. The second-order valence-corrected chi connectivity index (χ2v) is 7.56. The number of nitrogens with zero attached hydrogens (tertiary/aromatic N) is 1. The number of anilines is 1. The molecule has 0 radical (unpaired) electrons. The lowest BCUT2D eigenvalue weighted by atomic mass is 9.96. The van der Waals surface area contributed by atoms with Gasteiger partial charge in [-0.25, -0.2) is 0 Å². The molecule has 7 heteroatoms. The summed E-state index contributed by atoms with van der Waals surface area (Å²) in [6, 6.07) is 6.83. The Kier molecular flexibility index (Phi) is 6.87. The Labute approximate surface area is 152 Å². The number of nitrogens with one attached hydrogen (secondary N) is 1. The van der Waals surface area contributed by atoms with E-state index in [0.717, 1.165) is 0 Å². The van der Waals surface area contributed by atoms with Gasteiger partial charge in [-0.1, -0.05) is 6.92 Å². The Morgan fingerprint density at radius 1 is 1.24 bits per heavy atom. The van der Waals surface area contributed by atoms with Gasteiger partial charge in [0.15, 0.2) is 0 Å². The van der Waals surface area contributed by atoms with Crippen LogP contribution in [0.15, 0.2) is 24.3 Å². The zero-order valence-corrected chi connectivity index (χ0v) is 15.3. The molecule has 1 aliphatic rings. The molecule has 2 N–H and O–H groups in total. The summed E-state index contributed by atoms with van der Waals surface area (Å²) in [5.41, 5.74) is 1.21. The monoisotopic (exact) mass is 364 g/mol. The first-order valence-electron chi connectivity index (χ1n) is 8.35. The molecule has 2 rings (SSSR count). The van der Waals surface area contributed by atoms with Gasteiger partial charge in [0.1, 0.15) is 0 Å². The van der Waals surface area contributed by atoms with E-state index in [1.807, 2.05) is 13.2 Å². The van der Waals surface area contributed by atoms with Crippen molar-refractivity contribution in [3.8, 4) is 0 Å². The number of hydrogen-bond acceptors (Lipinski definition) is 4. The maximum Gasteiger partial charge on any atom is 0.306 e. The SMILES string of the molecule is CSC(C)CC(=O)Nc1ccc(C(=O)N2CCC(C(=O)O)CC2)cc1. The van der Waals surface area contributed by atoms with Crippen molar-refractivity contribution in [2.75, 3.05) is 24.7 Å². The zero-order valence-electron chi connectivity index (χ0n) is 14.5. The van der Waals surface area contributed by atoms with Crippen molar-refractivity contribution >= 4 is 35.2 Å². The predicted octanol–water partition coefficient (Wildman–Crippen LogP) is 2.70. The van der Waals surface area contributed by atoms with Crippen LogP contribution in [-0.2, 0) is 9.59 Å². The first-order chi connectivity index (χ1) is 11.9. The van der Waals surface area contributed by atoms with Crippen molar-refractivity contribution in [1.82, 2.24) is 4.90 Å². The van der Waals surface area contributed by atoms with E-state index in [-0.39, 0.29) is 23.0 Å². The number of carbonyl (C=O) groups is 3. The number of carboxylic acid groups (broad SMARTS) is 1. The summed E-state index contributed by atoms with van der Waals surface area (Å²) in [5.74, 6) is -1.29. The minimum absolute atomic E-state index is 0.0448. The Balaban J connectivity index is 1.90. The van der Waals surface area contributed by atoms with E-state index in [0.29, 0.717) is 43.6 Å². The van der Waals surface area contributed by atoms with Gasteiger partial charge in [0.25, 0.3) is 5.91 Å². The van der Waals surface area contributed by atoms with Gasteiger partial charge in [-0.2, -0.15) is 11.8 Å². The van der Waals surface area contributed by atoms with E-state index in [9.17, 15) is 14.4 Å². The number of rotatable bonds is 6. The second-order valence-electron chi connectivity index (χ2n) is 6.28. The molecule has 1 aromatic rings. The molecule has 0 aliphatic carbocycles. The van der Waals surface area contributed by atoms with Gasteiger partial charge in [-0.3, -0.25) is 14.4 Å². The fraction of sp³-hybridized carbons (Fsp3) is 0.500. The van der Waals surface area contributed by atoms with Gasteiger partial charge in [-0.15, -0.1) is 0 Å². The quantitative estimate of drug-likeness (QED) is 0.810. The van der Waals surface area contributed by atoms with Crippen LogP contribution >= 0.6 is 11.8 Å². The van der Waals surface area contributed by atoms with Gasteiger partial charge in [0.05, 0.1) is 5.92 Å². The molecule has 0 spiro atoms. The highest BCUT2D eigenvalue weighted by Crippen LogP contribution is 2.20. The third-order valence-electron chi connectivity index (χ3n) is 4.42. The largest absolute Gasteiger partial charge is 0.481 e. The van der Waals surface area contributed by atoms with Crippen molar-refractivity contribution in [2.45, 2.75) is 31.4 Å². The van der Waals surface area contributed by atoms with Crippen molar-refractivity contribution in [1.29, 1.82) is 0 Å². The summed E-state index contributed by atoms with van der Waals surface area (Å²) < 4.78 is 0. The highest BCUT2D eigenvalue weighted by Gasteiger charge is 2.27. The molecule has 25 heavy (non-hydrogen) atoms. The Bertz CT molecular complexity index is 624. The summed E-state index contributed by atoms with van der Waals surface area (Å²) in [7, 11) is 0. The van der Waals surface area contributed by atoms with Crippen LogP contribution in [0.5, 0.6) is 0 Å². The van der Waals surface area contributed by atoms with Crippen LogP contribution in [0.25, 0.3) is 0 Å². The maximum atomic E-state index is 12.5. The van der Waals surface area contributed by atoms with E-state index < -0.39 is 5.97 Å². The highest BCUT2D eigenvalue weighted by molar-refractivity contribution is 7.99. The van der Waals surface area contributed by atoms with Gasteiger partial charge in [-0.05, 0) is 43.4 Å². The first-order valence-corrected chi connectivity index (χ1v) is 9.64. The molecule has 0 bridgehead atoms. The van der Waals surface area contributed by atoms with Crippen LogP contribution in [0, 0.1) is 5.92 Å². The van der Waals surface area contributed by atoms with Crippen LogP contribution in [0.4, 0.5) is 5.69 Å². The standard InChI is InChI=1S/C18H24N2O4S/c1-12(25-2)11-16(21)19-15-5-3-13(4-6-15)17(22)20-9-7-14(8-10-20)18(23)24/h3-6,12,14H,7-11H2,1-2H3,(H,19,21)(H,23,24).